The van der Waals surface area contributed by atoms with Crippen molar-refractivity contribution in [2.24, 2.45) is 5.92 Å². The molecule has 1 saturated carbocycles. The lowest BCUT2D eigenvalue weighted by atomic mass is 9.84. The minimum absolute atomic E-state index is 0.250. The highest BCUT2D eigenvalue weighted by atomic mass is 16.6. The fourth-order valence-corrected chi connectivity index (χ4v) is 3.43. The molecule has 20 heavy (non-hydrogen) atoms. The average Bonchev–Trinajstić information content (AvgIpc) is 3.05. The SMILES string of the molecule is CC(C)(C)OC(=O)NC1CC1NC1CN2CCC1CC2. The molecule has 0 spiro atoms. The Balaban J connectivity index is 1.40. The van der Waals surface area contributed by atoms with Crippen molar-refractivity contribution in [2.45, 2.75) is 63.8 Å². The van der Waals surface area contributed by atoms with Crippen LogP contribution in [0.2, 0.25) is 0 Å². The summed E-state index contributed by atoms with van der Waals surface area (Å²) >= 11 is 0. The van der Waals surface area contributed by atoms with Gasteiger partial charge in [0.05, 0.1) is 0 Å². The minimum Gasteiger partial charge on any atom is -0.444 e. The first-order valence-corrected chi connectivity index (χ1v) is 7.88. The Kier molecular flexibility index (Phi) is 3.67. The number of rotatable bonds is 3. The molecule has 3 unspecified atom stereocenters. The van der Waals surface area contributed by atoms with Crippen molar-refractivity contribution in [3.8, 4) is 0 Å². The molecule has 3 aliphatic heterocycles. The molecule has 2 N–H and O–H groups in total. The number of amides is 1. The van der Waals surface area contributed by atoms with Crippen LogP contribution in [0.1, 0.15) is 40.0 Å². The zero-order chi connectivity index (χ0) is 14.3. The number of hydrogen-bond acceptors (Lipinski definition) is 4. The van der Waals surface area contributed by atoms with Crippen LogP contribution < -0.4 is 10.6 Å². The third-order valence-electron chi connectivity index (χ3n) is 4.58. The summed E-state index contributed by atoms with van der Waals surface area (Å²) in [5.41, 5.74) is -0.419. The summed E-state index contributed by atoms with van der Waals surface area (Å²) in [4.78, 5) is 14.3. The first kappa shape index (κ1) is 14.1. The number of carbonyl (C=O) groups excluding carboxylic acids is 1. The Morgan fingerprint density at radius 1 is 1.15 bits per heavy atom. The monoisotopic (exact) mass is 281 g/mol. The molecule has 1 amide bonds. The van der Waals surface area contributed by atoms with Gasteiger partial charge in [0, 0.05) is 24.7 Å². The molecule has 4 aliphatic rings. The normalized spacial score (nSPS) is 39.5. The second-order valence-corrected chi connectivity index (χ2v) is 7.51. The number of nitrogens with zero attached hydrogens (tertiary/aromatic N) is 1. The summed E-state index contributed by atoms with van der Waals surface area (Å²) in [5.74, 6) is 0.836. The van der Waals surface area contributed by atoms with E-state index in [4.69, 9.17) is 4.74 Å². The van der Waals surface area contributed by atoms with Gasteiger partial charge in [0.1, 0.15) is 5.60 Å². The van der Waals surface area contributed by atoms with Crippen LogP contribution in [-0.2, 0) is 4.74 Å². The van der Waals surface area contributed by atoms with E-state index in [2.05, 4.69) is 15.5 Å². The van der Waals surface area contributed by atoms with E-state index in [-0.39, 0.29) is 12.1 Å². The van der Waals surface area contributed by atoms with E-state index in [1.54, 1.807) is 0 Å². The zero-order valence-corrected chi connectivity index (χ0v) is 12.8. The molecule has 3 saturated heterocycles. The summed E-state index contributed by atoms with van der Waals surface area (Å²) in [6.07, 6.45) is 3.40. The van der Waals surface area contributed by atoms with E-state index in [0.29, 0.717) is 12.1 Å². The topological polar surface area (TPSA) is 53.6 Å². The van der Waals surface area contributed by atoms with Gasteiger partial charge in [-0.25, -0.2) is 4.79 Å². The summed E-state index contributed by atoms with van der Waals surface area (Å²) in [6, 6.07) is 1.31. The highest BCUT2D eigenvalue weighted by Crippen LogP contribution is 2.31. The number of carbonyl (C=O) groups is 1. The number of ether oxygens (including phenoxy) is 1. The molecule has 0 aromatic rings. The van der Waals surface area contributed by atoms with E-state index in [9.17, 15) is 4.79 Å². The predicted molar refractivity (Wildman–Crippen MR) is 77.7 cm³/mol. The summed E-state index contributed by atoms with van der Waals surface area (Å²) < 4.78 is 5.29. The number of hydrogen-bond donors (Lipinski definition) is 2. The highest BCUT2D eigenvalue weighted by molar-refractivity contribution is 5.68. The number of nitrogens with one attached hydrogen (secondary N) is 2. The molecule has 0 aromatic heterocycles. The molecule has 1 aliphatic carbocycles. The lowest BCUT2D eigenvalue weighted by molar-refractivity contribution is 0.0516. The standard InChI is InChI=1S/C15H27N3O2/c1-15(2,3)20-14(19)17-12-8-11(12)16-13-9-18-6-4-10(13)5-7-18/h10-13,16H,4-9H2,1-3H3,(H,17,19). The first-order valence-electron chi connectivity index (χ1n) is 7.88. The third-order valence-corrected chi connectivity index (χ3v) is 4.58. The van der Waals surface area contributed by atoms with Gasteiger partial charge in [-0.05, 0) is 59.0 Å². The van der Waals surface area contributed by atoms with Gasteiger partial charge in [-0.2, -0.15) is 0 Å². The maximum Gasteiger partial charge on any atom is 0.407 e. The van der Waals surface area contributed by atoms with Crippen LogP contribution in [0, 0.1) is 5.92 Å². The van der Waals surface area contributed by atoms with Gasteiger partial charge in [-0.1, -0.05) is 0 Å². The van der Waals surface area contributed by atoms with Gasteiger partial charge in [-0.3, -0.25) is 0 Å². The summed E-state index contributed by atoms with van der Waals surface area (Å²) in [5, 5.41) is 6.69. The number of alkyl carbamates (subject to hydrolysis) is 1. The molecule has 2 bridgehead atoms. The lowest BCUT2D eigenvalue weighted by Crippen LogP contribution is -2.57. The smallest absolute Gasteiger partial charge is 0.407 e. The van der Waals surface area contributed by atoms with E-state index >= 15 is 0 Å². The van der Waals surface area contributed by atoms with Gasteiger partial charge < -0.3 is 20.3 Å². The van der Waals surface area contributed by atoms with Gasteiger partial charge in [0.25, 0.3) is 0 Å². The van der Waals surface area contributed by atoms with Crippen LogP contribution >= 0.6 is 0 Å². The van der Waals surface area contributed by atoms with Gasteiger partial charge in [0.2, 0.25) is 0 Å². The van der Waals surface area contributed by atoms with Crippen molar-refractivity contribution < 1.29 is 9.53 Å². The molecule has 3 heterocycles. The van der Waals surface area contributed by atoms with Crippen molar-refractivity contribution in [3.05, 3.63) is 0 Å². The van der Waals surface area contributed by atoms with Crippen molar-refractivity contribution in [3.63, 3.8) is 0 Å². The highest BCUT2D eigenvalue weighted by Gasteiger charge is 2.43. The summed E-state index contributed by atoms with van der Waals surface area (Å²) in [7, 11) is 0. The zero-order valence-electron chi connectivity index (χ0n) is 12.8. The van der Waals surface area contributed by atoms with Gasteiger partial charge in [-0.15, -0.1) is 0 Å². The summed E-state index contributed by atoms with van der Waals surface area (Å²) in [6.45, 7) is 9.40. The Labute approximate surface area is 121 Å². The molecule has 4 rings (SSSR count). The quantitative estimate of drug-likeness (QED) is 0.819. The maximum atomic E-state index is 11.7. The van der Waals surface area contributed by atoms with E-state index in [1.807, 2.05) is 20.8 Å². The molecule has 3 atom stereocenters. The maximum absolute atomic E-state index is 11.7. The second kappa shape index (κ2) is 5.19. The Morgan fingerprint density at radius 2 is 1.85 bits per heavy atom. The largest absolute Gasteiger partial charge is 0.444 e. The lowest BCUT2D eigenvalue weighted by Gasteiger charge is -2.45. The molecule has 4 fully saturated rings. The van der Waals surface area contributed by atoms with E-state index < -0.39 is 5.60 Å². The van der Waals surface area contributed by atoms with Crippen LogP contribution in [0.15, 0.2) is 0 Å². The fraction of sp³-hybridized carbons (Fsp3) is 0.933. The van der Waals surface area contributed by atoms with Crippen molar-refractivity contribution in [2.75, 3.05) is 19.6 Å². The Hall–Kier alpha value is -0.810. The van der Waals surface area contributed by atoms with Gasteiger partial charge >= 0.3 is 6.09 Å². The Bertz CT molecular complexity index is 372. The fourth-order valence-electron chi connectivity index (χ4n) is 3.43. The molecule has 5 heteroatoms. The van der Waals surface area contributed by atoms with Crippen molar-refractivity contribution in [1.29, 1.82) is 0 Å². The third kappa shape index (κ3) is 3.44. The van der Waals surface area contributed by atoms with Crippen LogP contribution in [0.4, 0.5) is 4.79 Å². The minimum atomic E-state index is -0.419. The average molecular weight is 281 g/mol. The number of fused-ring (bicyclic) bond motifs is 3. The molecular weight excluding hydrogens is 254 g/mol. The molecule has 0 radical (unpaired) electrons. The first-order chi connectivity index (χ1) is 9.40. The van der Waals surface area contributed by atoms with Crippen LogP contribution in [0.5, 0.6) is 0 Å². The number of piperidine rings is 3. The van der Waals surface area contributed by atoms with Gasteiger partial charge in [0.15, 0.2) is 0 Å². The second-order valence-electron chi connectivity index (χ2n) is 7.51. The van der Waals surface area contributed by atoms with Crippen LogP contribution in [0.25, 0.3) is 0 Å². The molecule has 5 nitrogen and oxygen atoms in total. The Morgan fingerprint density at radius 3 is 2.40 bits per heavy atom. The molecule has 114 valence electrons. The molecular formula is C15H27N3O2. The van der Waals surface area contributed by atoms with Crippen LogP contribution in [0.3, 0.4) is 0 Å². The van der Waals surface area contributed by atoms with Crippen molar-refractivity contribution in [1.82, 2.24) is 15.5 Å². The predicted octanol–water partition coefficient (Wildman–Crippen LogP) is 1.34. The van der Waals surface area contributed by atoms with Crippen LogP contribution in [-0.4, -0.2) is 54.4 Å². The molecule has 0 aromatic carbocycles. The van der Waals surface area contributed by atoms with E-state index in [0.717, 1.165) is 12.3 Å². The van der Waals surface area contributed by atoms with E-state index in [1.165, 1.54) is 32.5 Å². The van der Waals surface area contributed by atoms with Crippen molar-refractivity contribution >= 4 is 6.09 Å².